The Hall–Kier alpha value is -2.33. The van der Waals surface area contributed by atoms with E-state index in [-0.39, 0.29) is 5.91 Å². The molecule has 2 aromatic rings. The lowest BCUT2D eigenvalue weighted by Gasteiger charge is -2.24. The molecule has 24 heavy (non-hydrogen) atoms. The van der Waals surface area contributed by atoms with Crippen molar-refractivity contribution in [2.75, 3.05) is 12.4 Å². The molecule has 0 aliphatic heterocycles. The molecule has 0 heterocycles. The summed E-state index contributed by atoms with van der Waals surface area (Å²) in [6, 6.07) is 12.4. The summed E-state index contributed by atoms with van der Waals surface area (Å²) in [7, 11) is 1.30. The first kappa shape index (κ1) is 18.0. The summed E-state index contributed by atoms with van der Waals surface area (Å²) < 4.78 is 4.69. The van der Waals surface area contributed by atoms with Crippen LogP contribution in [0.15, 0.2) is 42.5 Å². The number of hydrogen-bond acceptors (Lipinski definition) is 3. The second-order valence-electron chi connectivity index (χ2n) is 6.13. The van der Waals surface area contributed by atoms with Crippen molar-refractivity contribution in [2.24, 2.45) is 0 Å². The van der Waals surface area contributed by atoms with Crippen molar-refractivity contribution in [2.45, 2.75) is 26.2 Å². The molecule has 1 N–H and O–H groups in total. The van der Waals surface area contributed by atoms with Gasteiger partial charge in [0.05, 0.1) is 28.8 Å². The molecule has 0 saturated heterocycles. The Labute approximate surface area is 146 Å². The van der Waals surface area contributed by atoms with Crippen LogP contribution in [0.25, 0.3) is 0 Å². The number of rotatable bonds is 4. The molecular weight excluding hydrogens is 326 g/mol. The van der Waals surface area contributed by atoms with Gasteiger partial charge in [0.25, 0.3) is 0 Å². The van der Waals surface area contributed by atoms with Crippen LogP contribution in [-0.2, 0) is 14.9 Å². The molecule has 2 aromatic carbocycles. The highest BCUT2D eigenvalue weighted by atomic mass is 35.5. The standard InChI is InChI=1S/C19H20ClNO3/c1-12-5-8-14(9-6-12)19(2,3)18(23)21-16-11-13(17(22)24-4)7-10-15(16)20/h5-11H,1-4H3,(H,21,23). The quantitative estimate of drug-likeness (QED) is 0.838. The average Bonchev–Trinajstić information content (AvgIpc) is 2.56. The summed E-state index contributed by atoms with van der Waals surface area (Å²) in [5, 5.41) is 3.16. The molecule has 0 atom stereocenters. The molecule has 0 spiro atoms. The summed E-state index contributed by atoms with van der Waals surface area (Å²) in [6.07, 6.45) is 0. The molecule has 126 valence electrons. The van der Waals surface area contributed by atoms with Crippen molar-refractivity contribution in [1.82, 2.24) is 0 Å². The Morgan fingerprint density at radius 2 is 1.71 bits per heavy atom. The van der Waals surface area contributed by atoms with Crippen LogP contribution in [0.3, 0.4) is 0 Å². The lowest BCUT2D eigenvalue weighted by Crippen LogP contribution is -2.34. The van der Waals surface area contributed by atoms with Crippen LogP contribution < -0.4 is 5.32 Å². The van der Waals surface area contributed by atoms with Crippen molar-refractivity contribution in [1.29, 1.82) is 0 Å². The van der Waals surface area contributed by atoms with Gasteiger partial charge in [-0.15, -0.1) is 0 Å². The number of nitrogens with one attached hydrogen (secondary N) is 1. The number of esters is 1. The largest absolute Gasteiger partial charge is 0.465 e. The lowest BCUT2D eigenvalue weighted by molar-refractivity contribution is -0.120. The summed E-state index contributed by atoms with van der Waals surface area (Å²) in [5.74, 6) is -0.699. The fourth-order valence-electron chi connectivity index (χ4n) is 2.25. The third kappa shape index (κ3) is 3.77. The Balaban J connectivity index is 2.28. The third-order valence-electron chi connectivity index (χ3n) is 3.98. The summed E-state index contributed by atoms with van der Waals surface area (Å²) >= 11 is 6.14. The van der Waals surface area contributed by atoms with Gasteiger partial charge in [0.15, 0.2) is 0 Å². The molecule has 0 unspecified atom stereocenters. The molecule has 0 aliphatic carbocycles. The van der Waals surface area contributed by atoms with E-state index in [0.717, 1.165) is 11.1 Å². The molecule has 0 aliphatic rings. The number of hydrogen-bond donors (Lipinski definition) is 1. The molecule has 0 aromatic heterocycles. The summed E-state index contributed by atoms with van der Waals surface area (Å²) in [4.78, 5) is 24.4. The van der Waals surface area contributed by atoms with Gasteiger partial charge in [-0.25, -0.2) is 4.79 Å². The fraction of sp³-hybridized carbons (Fsp3) is 0.263. The second-order valence-corrected chi connectivity index (χ2v) is 6.54. The van der Waals surface area contributed by atoms with E-state index in [9.17, 15) is 9.59 Å². The third-order valence-corrected chi connectivity index (χ3v) is 4.31. The molecule has 4 nitrogen and oxygen atoms in total. The number of ether oxygens (including phenoxy) is 1. The van der Waals surface area contributed by atoms with Crippen LogP contribution in [0.4, 0.5) is 5.69 Å². The van der Waals surface area contributed by atoms with Gasteiger partial charge >= 0.3 is 5.97 Å². The lowest BCUT2D eigenvalue weighted by atomic mass is 9.83. The number of carbonyl (C=O) groups excluding carboxylic acids is 2. The molecular formula is C19H20ClNO3. The number of carbonyl (C=O) groups is 2. The predicted molar refractivity (Wildman–Crippen MR) is 95.6 cm³/mol. The van der Waals surface area contributed by atoms with Crippen LogP contribution in [0, 0.1) is 6.92 Å². The first-order valence-electron chi connectivity index (χ1n) is 7.52. The first-order chi connectivity index (χ1) is 11.3. The maximum Gasteiger partial charge on any atom is 0.337 e. The van der Waals surface area contributed by atoms with E-state index in [2.05, 4.69) is 10.1 Å². The van der Waals surface area contributed by atoms with Crippen molar-refractivity contribution in [3.8, 4) is 0 Å². The molecule has 0 saturated carbocycles. The molecule has 0 radical (unpaired) electrons. The predicted octanol–water partition coefficient (Wildman–Crippen LogP) is 4.35. The minimum atomic E-state index is -0.752. The average molecular weight is 346 g/mol. The summed E-state index contributed by atoms with van der Waals surface area (Å²) in [5.41, 5.74) is 1.97. The highest BCUT2D eigenvalue weighted by Crippen LogP contribution is 2.29. The summed E-state index contributed by atoms with van der Waals surface area (Å²) in [6.45, 7) is 5.67. The zero-order valence-corrected chi connectivity index (χ0v) is 14.9. The highest BCUT2D eigenvalue weighted by Gasteiger charge is 2.30. The van der Waals surface area contributed by atoms with Crippen LogP contribution in [0.1, 0.15) is 35.3 Å². The number of anilines is 1. The van der Waals surface area contributed by atoms with Gasteiger partial charge in [-0.2, -0.15) is 0 Å². The minimum Gasteiger partial charge on any atom is -0.465 e. The Bertz CT molecular complexity index is 767. The van der Waals surface area contributed by atoms with Crippen molar-refractivity contribution >= 4 is 29.2 Å². The normalized spacial score (nSPS) is 11.0. The topological polar surface area (TPSA) is 55.4 Å². The van der Waals surface area contributed by atoms with E-state index in [0.29, 0.717) is 16.3 Å². The van der Waals surface area contributed by atoms with E-state index in [1.54, 1.807) is 12.1 Å². The SMILES string of the molecule is COC(=O)c1ccc(Cl)c(NC(=O)C(C)(C)c2ccc(C)cc2)c1. The second kappa shape index (κ2) is 7.05. The van der Waals surface area contributed by atoms with E-state index < -0.39 is 11.4 Å². The Morgan fingerprint density at radius 1 is 1.08 bits per heavy atom. The molecule has 2 rings (SSSR count). The maximum absolute atomic E-state index is 12.7. The Morgan fingerprint density at radius 3 is 2.29 bits per heavy atom. The van der Waals surface area contributed by atoms with Gasteiger partial charge in [0, 0.05) is 0 Å². The number of methoxy groups -OCH3 is 1. The van der Waals surface area contributed by atoms with Gasteiger partial charge < -0.3 is 10.1 Å². The minimum absolute atomic E-state index is 0.213. The van der Waals surface area contributed by atoms with Crippen LogP contribution >= 0.6 is 11.6 Å². The number of benzene rings is 2. The van der Waals surface area contributed by atoms with Crippen molar-refractivity contribution < 1.29 is 14.3 Å². The van der Waals surface area contributed by atoms with Gasteiger partial charge in [0.1, 0.15) is 0 Å². The van der Waals surface area contributed by atoms with E-state index in [4.69, 9.17) is 11.6 Å². The van der Waals surface area contributed by atoms with E-state index in [1.165, 1.54) is 13.2 Å². The highest BCUT2D eigenvalue weighted by molar-refractivity contribution is 6.34. The molecule has 0 fully saturated rings. The van der Waals surface area contributed by atoms with Gasteiger partial charge in [-0.3, -0.25) is 4.79 Å². The molecule has 1 amide bonds. The van der Waals surface area contributed by atoms with Crippen molar-refractivity contribution in [3.63, 3.8) is 0 Å². The smallest absolute Gasteiger partial charge is 0.337 e. The van der Waals surface area contributed by atoms with Gasteiger partial charge in [-0.1, -0.05) is 41.4 Å². The van der Waals surface area contributed by atoms with Crippen LogP contribution in [0.5, 0.6) is 0 Å². The molecule has 5 heteroatoms. The number of halogens is 1. The zero-order chi connectivity index (χ0) is 17.9. The van der Waals surface area contributed by atoms with Gasteiger partial charge in [-0.05, 0) is 44.5 Å². The van der Waals surface area contributed by atoms with Crippen LogP contribution in [0.2, 0.25) is 5.02 Å². The monoisotopic (exact) mass is 345 g/mol. The van der Waals surface area contributed by atoms with E-state index >= 15 is 0 Å². The van der Waals surface area contributed by atoms with E-state index in [1.807, 2.05) is 45.0 Å². The first-order valence-corrected chi connectivity index (χ1v) is 7.90. The fourth-order valence-corrected chi connectivity index (χ4v) is 2.41. The van der Waals surface area contributed by atoms with Crippen LogP contribution in [-0.4, -0.2) is 19.0 Å². The van der Waals surface area contributed by atoms with Crippen molar-refractivity contribution in [3.05, 3.63) is 64.2 Å². The number of aryl methyl sites for hydroxylation is 1. The Kier molecular flexibility index (Phi) is 5.30. The number of amides is 1. The maximum atomic E-state index is 12.7. The zero-order valence-electron chi connectivity index (χ0n) is 14.1. The van der Waals surface area contributed by atoms with Gasteiger partial charge in [0.2, 0.25) is 5.91 Å². The molecule has 0 bridgehead atoms.